The summed E-state index contributed by atoms with van der Waals surface area (Å²) in [4.78, 5) is 0.185. The molecule has 192 valence electrons. The normalized spacial score (nSPS) is 14.5. The van der Waals surface area contributed by atoms with Crippen LogP contribution in [0.2, 0.25) is 36.3 Å². The number of aryl methyl sites for hydroxylation is 1. The second kappa shape index (κ2) is 10.6. The largest absolute Gasteiger partial charge is 0.416 e. The maximum Gasteiger partial charge on any atom is 0.296 e. The summed E-state index contributed by atoms with van der Waals surface area (Å²) >= 11 is 0. The summed E-state index contributed by atoms with van der Waals surface area (Å²) in [6.45, 7) is 27.5. The zero-order chi connectivity index (χ0) is 25.9. The van der Waals surface area contributed by atoms with Gasteiger partial charge in [-0.25, -0.2) is 0 Å². The molecule has 0 saturated carbocycles. The lowest BCUT2D eigenvalue weighted by Crippen LogP contribution is -2.47. The first-order valence-corrected chi connectivity index (χ1v) is 19.1. The molecule has 0 aromatic heterocycles. The highest BCUT2D eigenvalue weighted by atomic mass is 32.2. The second-order valence-electron chi connectivity index (χ2n) is 12.7. The summed E-state index contributed by atoms with van der Waals surface area (Å²) in [5.74, 6) is 0. The highest BCUT2D eigenvalue weighted by Crippen LogP contribution is 2.40. The number of hydrogen-bond acceptors (Lipinski definition) is 5. The summed E-state index contributed by atoms with van der Waals surface area (Å²) in [7, 11) is -7.72. The van der Waals surface area contributed by atoms with Crippen LogP contribution in [0, 0.1) is 12.3 Å². The van der Waals surface area contributed by atoms with Crippen LogP contribution in [0.4, 0.5) is 0 Å². The minimum atomic E-state index is -3.80. The van der Waals surface area contributed by atoms with Gasteiger partial charge >= 0.3 is 0 Å². The molecule has 0 aliphatic rings. The molecule has 0 heterocycles. The first-order valence-electron chi connectivity index (χ1n) is 11.9. The second-order valence-corrected chi connectivity index (χ2v) is 24.0. The lowest BCUT2D eigenvalue weighted by Gasteiger charge is -2.42. The third kappa shape index (κ3) is 8.89. The van der Waals surface area contributed by atoms with E-state index in [-0.39, 0.29) is 27.0 Å². The van der Waals surface area contributed by atoms with Gasteiger partial charge in [-0.05, 0) is 61.7 Å². The summed E-state index contributed by atoms with van der Waals surface area (Å²) in [5.41, 5.74) is 0.653. The van der Waals surface area contributed by atoms with Crippen LogP contribution in [0.5, 0.6) is 0 Å². The minimum absolute atomic E-state index is 0.0917. The Morgan fingerprint density at radius 1 is 0.758 bits per heavy atom. The minimum Gasteiger partial charge on any atom is -0.416 e. The third-order valence-electron chi connectivity index (χ3n) is 7.43. The van der Waals surface area contributed by atoms with Crippen LogP contribution < -0.4 is 0 Å². The summed E-state index contributed by atoms with van der Waals surface area (Å²) in [6, 6.07) is 6.73. The van der Waals surface area contributed by atoms with E-state index in [2.05, 4.69) is 74.7 Å². The molecule has 0 bridgehead atoms. The van der Waals surface area contributed by atoms with Gasteiger partial charge in [0, 0.05) is 18.6 Å². The Hall–Kier alpha value is -0.516. The Bertz CT molecular complexity index is 834. The van der Waals surface area contributed by atoms with Gasteiger partial charge in [0.15, 0.2) is 16.6 Å². The van der Waals surface area contributed by atoms with Crippen LogP contribution in [0.15, 0.2) is 29.2 Å². The molecule has 1 aromatic carbocycles. The molecule has 0 aliphatic heterocycles. The van der Waals surface area contributed by atoms with Crippen LogP contribution in [0.25, 0.3) is 0 Å². The average molecular weight is 517 g/mol. The number of benzene rings is 1. The SMILES string of the molecule is Cc1ccc(S(=O)(=O)OCCC(C)(CO[Si](C)(C)C(C)(C)C)CO[Si](C)(C)C(C)(C)C)cc1. The van der Waals surface area contributed by atoms with Gasteiger partial charge in [-0.15, -0.1) is 0 Å². The molecule has 0 N–H and O–H groups in total. The molecular formula is C25H48O5SSi2. The van der Waals surface area contributed by atoms with Crippen molar-refractivity contribution in [3.63, 3.8) is 0 Å². The lowest BCUT2D eigenvalue weighted by molar-refractivity contribution is 0.0604. The average Bonchev–Trinajstić information content (AvgIpc) is 2.63. The lowest BCUT2D eigenvalue weighted by atomic mass is 9.89. The smallest absolute Gasteiger partial charge is 0.296 e. The van der Waals surface area contributed by atoms with Gasteiger partial charge in [0.2, 0.25) is 0 Å². The zero-order valence-electron chi connectivity index (χ0n) is 23.1. The molecule has 0 saturated heterocycles. The fourth-order valence-electron chi connectivity index (χ4n) is 2.50. The molecule has 0 amide bonds. The highest BCUT2D eigenvalue weighted by Gasteiger charge is 2.42. The van der Waals surface area contributed by atoms with Crippen LogP contribution in [0.3, 0.4) is 0 Å². The van der Waals surface area contributed by atoms with E-state index in [4.69, 9.17) is 13.0 Å². The Balaban J connectivity index is 2.98. The Morgan fingerprint density at radius 2 is 1.15 bits per heavy atom. The van der Waals surface area contributed by atoms with Crippen molar-refractivity contribution in [2.45, 2.75) is 103 Å². The molecule has 0 fully saturated rings. The van der Waals surface area contributed by atoms with E-state index >= 15 is 0 Å². The predicted octanol–water partition coefficient (Wildman–Crippen LogP) is 7.14. The molecule has 0 spiro atoms. The maximum atomic E-state index is 12.7. The van der Waals surface area contributed by atoms with E-state index in [1.54, 1.807) is 24.3 Å². The van der Waals surface area contributed by atoms with Gasteiger partial charge in [-0.1, -0.05) is 66.2 Å². The van der Waals surface area contributed by atoms with Gasteiger partial charge in [0.25, 0.3) is 10.1 Å². The number of rotatable bonds is 11. The van der Waals surface area contributed by atoms with Crippen LogP contribution in [-0.2, 0) is 23.2 Å². The Morgan fingerprint density at radius 3 is 1.52 bits per heavy atom. The van der Waals surface area contributed by atoms with Gasteiger partial charge in [-0.3, -0.25) is 4.18 Å². The van der Waals surface area contributed by atoms with E-state index in [1.807, 2.05) is 6.92 Å². The van der Waals surface area contributed by atoms with Crippen molar-refractivity contribution in [1.82, 2.24) is 0 Å². The van der Waals surface area contributed by atoms with Crippen molar-refractivity contribution < 1.29 is 21.5 Å². The van der Waals surface area contributed by atoms with Crippen molar-refractivity contribution in [1.29, 1.82) is 0 Å². The number of hydrogen-bond donors (Lipinski definition) is 0. The fourth-order valence-corrected chi connectivity index (χ4v) is 5.69. The summed E-state index contributed by atoms with van der Waals surface area (Å²) < 4.78 is 43.9. The standard InChI is InChI=1S/C25H48O5SSi2/c1-21-13-15-22(16-14-21)31(26,27)28-18-17-25(8,19-29-32(9,10)23(2,3)4)20-30-33(11,12)24(5,6)7/h13-16H,17-20H2,1-12H3. The third-order valence-corrected chi connectivity index (χ3v) is 17.7. The van der Waals surface area contributed by atoms with E-state index < -0.39 is 26.8 Å². The molecule has 0 aliphatic carbocycles. The molecule has 8 heteroatoms. The molecule has 1 aromatic rings. The van der Waals surface area contributed by atoms with E-state index in [9.17, 15) is 8.42 Å². The van der Waals surface area contributed by atoms with E-state index in [1.165, 1.54) is 0 Å². The highest BCUT2D eigenvalue weighted by molar-refractivity contribution is 7.86. The van der Waals surface area contributed by atoms with Gasteiger partial charge < -0.3 is 8.85 Å². The first-order chi connectivity index (χ1) is 14.6. The van der Waals surface area contributed by atoms with Gasteiger partial charge in [0.05, 0.1) is 11.5 Å². The molecule has 33 heavy (non-hydrogen) atoms. The Labute approximate surface area is 206 Å². The van der Waals surface area contributed by atoms with Crippen LogP contribution in [0.1, 0.15) is 60.5 Å². The van der Waals surface area contributed by atoms with Crippen LogP contribution in [-0.4, -0.2) is 44.9 Å². The van der Waals surface area contributed by atoms with Crippen molar-refractivity contribution in [3.05, 3.63) is 29.8 Å². The van der Waals surface area contributed by atoms with Crippen molar-refractivity contribution in [2.24, 2.45) is 5.41 Å². The molecular weight excluding hydrogens is 469 g/mol. The molecule has 5 nitrogen and oxygen atoms in total. The first kappa shape index (κ1) is 30.5. The van der Waals surface area contributed by atoms with Crippen LogP contribution >= 0.6 is 0 Å². The quantitative estimate of drug-likeness (QED) is 0.231. The van der Waals surface area contributed by atoms with Crippen molar-refractivity contribution in [2.75, 3.05) is 19.8 Å². The van der Waals surface area contributed by atoms with Gasteiger partial charge in [-0.2, -0.15) is 8.42 Å². The van der Waals surface area contributed by atoms with E-state index in [0.717, 1.165) is 5.56 Å². The monoisotopic (exact) mass is 516 g/mol. The molecule has 0 atom stereocenters. The molecule has 1 rings (SSSR count). The molecule has 0 unspecified atom stereocenters. The van der Waals surface area contributed by atoms with Crippen molar-refractivity contribution >= 4 is 26.8 Å². The Kier molecular flexibility index (Phi) is 9.82. The summed E-state index contributed by atoms with van der Waals surface area (Å²) in [6.07, 6.45) is 0.529. The molecule has 0 radical (unpaired) electrons. The maximum absolute atomic E-state index is 12.7. The van der Waals surface area contributed by atoms with Gasteiger partial charge in [0.1, 0.15) is 0 Å². The van der Waals surface area contributed by atoms with Crippen molar-refractivity contribution in [3.8, 4) is 0 Å². The predicted molar refractivity (Wildman–Crippen MR) is 143 cm³/mol. The fraction of sp³-hybridized carbons (Fsp3) is 0.760. The summed E-state index contributed by atoms with van der Waals surface area (Å²) in [5, 5.41) is 0.193. The van der Waals surface area contributed by atoms with E-state index in [0.29, 0.717) is 19.6 Å². The topological polar surface area (TPSA) is 61.8 Å². The zero-order valence-corrected chi connectivity index (χ0v) is 25.9.